The van der Waals surface area contributed by atoms with Crippen LogP contribution in [0.5, 0.6) is 0 Å². The van der Waals surface area contributed by atoms with Crippen LogP contribution in [0, 0.1) is 17.8 Å². The molecule has 0 aliphatic carbocycles. The Hall–Kier alpha value is -1.06. The second-order valence-electron chi connectivity index (χ2n) is 5.37. The van der Waals surface area contributed by atoms with E-state index in [-0.39, 0.29) is 11.8 Å². The van der Waals surface area contributed by atoms with Crippen molar-refractivity contribution in [2.24, 2.45) is 17.8 Å². The van der Waals surface area contributed by atoms with Crippen molar-refractivity contribution in [3.05, 3.63) is 0 Å². The van der Waals surface area contributed by atoms with Crippen LogP contribution in [0.2, 0.25) is 0 Å². The van der Waals surface area contributed by atoms with E-state index in [0.29, 0.717) is 19.6 Å². The largest absolute Gasteiger partial charge is 0.465 e. The zero-order valence-electron chi connectivity index (χ0n) is 12.2. The van der Waals surface area contributed by atoms with Gasteiger partial charge >= 0.3 is 11.9 Å². The first-order valence-corrected chi connectivity index (χ1v) is 6.71. The second kappa shape index (κ2) is 8.95. The van der Waals surface area contributed by atoms with Crippen molar-refractivity contribution in [3.63, 3.8) is 0 Å². The molecule has 0 N–H and O–H groups in total. The van der Waals surface area contributed by atoms with E-state index in [0.717, 1.165) is 6.42 Å². The monoisotopic (exact) mass is 258 g/mol. The molecule has 0 aromatic carbocycles. The molecule has 0 aliphatic heterocycles. The fourth-order valence-corrected chi connectivity index (χ4v) is 1.41. The summed E-state index contributed by atoms with van der Waals surface area (Å²) in [5, 5.41) is 0. The quantitative estimate of drug-likeness (QED) is 0.496. The molecule has 0 rings (SSSR count). The van der Waals surface area contributed by atoms with E-state index in [9.17, 15) is 9.59 Å². The van der Waals surface area contributed by atoms with Gasteiger partial charge in [-0.1, -0.05) is 34.6 Å². The molecule has 0 bridgehead atoms. The van der Waals surface area contributed by atoms with Crippen molar-refractivity contribution in [1.82, 2.24) is 0 Å². The highest BCUT2D eigenvalue weighted by molar-refractivity contribution is 5.94. The molecular weight excluding hydrogens is 232 g/mol. The zero-order valence-corrected chi connectivity index (χ0v) is 12.2. The summed E-state index contributed by atoms with van der Waals surface area (Å²) in [5.41, 5.74) is 0. The van der Waals surface area contributed by atoms with Crippen molar-refractivity contribution in [2.75, 3.05) is 13.2 Å². The van der Waals surface area contributed by atoms with Crippen LogP contribution in [0.3, 0.4) is 0 Å². The van der Waals surface area contributed by atoms with Gasteiger partial charge in [0, 0.05) is 0 Å². The average molecular weight is 258 g/mol. The van der Waals surface area contributed by atoms with Crippen LogP contribution < -0.4 is 0 Å². The number of rotatable bonds is 8. The summed E-state index contributed by atoms with van der Waals surface area (Å²) >= 11 is 0. The number of hydrogen-bond acceptors (Lipinski definition) is 4. The zero-order chi connectivity index (χ0) is 14.1. The van der Waals surface area contributed by atoms with Crippen LogP contribution in [0.15, 0.2) is 0 Å². The molecule has 1 unspecified atom stereocenters. The first-order valence-electron chi connectivity index (χ1n) is 6.71. The van der Waals surface area contributed by atoms with Crippen LogP contribution in [-0.2, 0) is 19.1 Å². The van der Waals surface area contributed by atoms with E-state index in [1.54, 1.807) is 0 Å². The molecule has 0 heterocycles. The Labute approximate surface area is 110 Å². The standard InChI is InChI=1S/C14H26O4/c1-6-7-17-13(15)12(8-10(2)3)14(16)18-9-11(4)5/h10-12H,6-9H2,1-5H3. The van der Waals surface area contributed by atoms with Gasteiger partial charge in [0.05, 0.1) is 13.2 Å². The van der Waals surface area contributed by atoms with Crippen LogP contribution in [0.4, 0.5) is 0 Å². The summed E-state index contributed by atoms with van der Waals surface area (Å²) in [7, 11) is 0. The highest BCUT2D eigenvalue weighted by atomic mass is 16.6. The van der Waals surface area contributed by atoms with E-state index in [1.165, 1.54) is 0 Å². The lowest BCUT2D eigenvalue weighted by Crippen LogP contribution is -2.30. The molecule has 0 amide bonds. The number of carbonyl (C=O) groups excluding carboxylic acids is 2. The summed E-state index contributed by atoms with van der Waals surface area (Å²) in [4.78, 5) is 23.7. The summed E-state index contributed by atoms with van der Waals surface area (Å²) in [5.74, 6) is -1.19. The predicted molar refractivity (Wildman–Crippen MR) is 70.0 cm³/mol. The van der Waals surface area contributed by atoms with Crippen molar-refractivity contribution < 1.29 is 19.1 Å². The van der Waals surface area contributed by atoms with Crippen LogP contribution in [0.1, 0.15) is 47.5 Å². The number of hydrogen-bond donors (Lipinski definition) is 0. The van der Waals surface area contributed by atoms with Gasteiger partial charge in [-0.05, 0) is 24.7 Å². The van der Waals surface area contributed by atoms with E-state index >= 15 is 0 Å². The Morgan fingerprint density at radius 3 is 1.94 bits per heavy atom. The minimum atomic E-state index is -0.782. The number of carbonyl (C=O) groups is 2. The van der Waals surface area contributed by atoms with E-state index in [2.05, 4.69) is 0 Å². The molecule has 4 heteroatoms. The second-order valence-corrected chi connectivity index (χ2v) is 5.37. The average Bonchev–Trinajstić information content (AvgIpc) is 2.29. The molecule has 0 radical (unpaired) electrons. The van der Waals surface area contributed by atoms with Gasteiger partial charge in [0.15, 0.2) is 5.92 Å². The van der Waals surface area contributed by atoms with Crippen LogP contribution in [-0.4, -0.2) is 25.2 Å². The van der Waals surface area contributed by atoms with Gasteiger partial charge < -0.3 is 9.47 Å². The molecule has 4 nitrogen and oxygen atoms in total. The lowest BCUT2D eigenvalue weighted by atomic mass is 9.97. The molecule has 0 fully saturated rings. The number of ether oxygens (including phenoxy) is 2. The third-order valence-electron chi connectivity index (χ3n) is 2.28. The van der Waals surface area contributed by atoms with E-state index in [1.807, 2.05) is 34.6 Å². The van der Waals surface area contributed by atoms with Gasteiger partial charge in [-0.25, -0.2) is 0 Å². The Bertz CT molecular complexity index is 259. The Balaban J connectivity index is 4.45. The van der Waals surface area contributed by atoms with Crippen LogP contribution >= 0.6 is 0 Å². The summed E-state index contributed by atoms with van der Waals surface area (Å²) < 4.78 is 10.2. The first kappa shape index (κ1) is 16.9. The Morgan fingerprint density at radius 1 is 0.944 bits per heavy atom. The lowest BCUT2D eigenvalue weighted by Gasteiger charge is -2.17. The van der Waals surface area contributed by atoms with Crippen molar-refractivity contribution in [1.29, 1.82) is 0 Å². The molecule has 0 aromatic heterocycles. The smallest absolute Gasteiger partial charge is 0.320 e. The normalized spacial score (nSPS) is 12.6. The molecule has 0 saturated heterocycles. The Morgan fingerprint density at radius 2 is 1.50 bits per heavy atom. The summed E-state index contributed by atoms with van der Waals surface area (Å²) in [6.45, 7) is 10.5. The first-order chi connectivity index (χ1) is 8.38. The van der Waals surface area contributed by atoms with Crippen LogP contribution in [0.25, 0.3) is 0 Å². The Kier molecular flexibility index (Phi) is 8.42. The summed E-state index contributed by atoms with van der Waals surface area (Å²) in [6.07, 6.45) is 1.22. The minimum Gasteiger partial charge on any atom is -0.465 e. The van der Waals surface area contributed by atoms with E-state index < -0.39 is 17.9 Å². The molecule has 18 heavy (non-hydrogen) atoms. The highest BCUT2D eigenvalue weighted by Gasteiger charge is 2.30. The van der Waals surface area contributed by atoms with Gasteiger partial charge in [0.2, 0.25) is 0 Å². The minimum absolute atomic E-state index is 0.246. The van der Waals surface area contributed by atoms with Gasteiger partial charge in [-0.2, -0.15) is 0 Å². The molecule has 0 aromatic rings. The maximum atomic E-state index is 11.9. The molecule has 0 spiro atoms. The van der Waals surface area contributed by atoms with Crippen molar-refractivity contribution in [3.8, 4) is 0 Å². The van der Waals surface area contributed by atoms with Gasteiger partial charge in [-0.3, -0.25) is 9.59 Å². The third-order valence-corrected chi connectivity index (χ3v) is 2.28. The topological polar surface area (TPSA) is 52.6 Å². The molecule has 1 atom stereocenters. The fourth-order valence-electron chi connectivity index (χ4n) is 1.41. The highest BCUT2D eigenvalue weighted by Crippen LogP contribution is 2.16. The lowest BCUT2D eigenvalue weighted by molar-refractivity contribution is -0.163. The number of esters is 2. The van der Waals surface area contributed by atoms with Gasteiger partial charge in [0.1, 0.15) is 0 Å². The van der Waals surface area contributed by atoms with Gasteiger partial charge in [-0.15, -0.1) is 0 Å². The molecule has 106 valence electrons. The SMILES string of the molecule is CCCOC(=O)C(CC(C)C)C(=O)OCC(C)C. The predicted octanol–water partition coefficient (Wildman–Crippen LogP) is 2.80. The summed E-state index contributed by atoms with van der Waals surface area (Å²) in [6, 6.07) is 0. The van der Waals surface area contributed by atoms with Crippen molar-refractivity contribution >= 4 is 11.9 Å². The third kappa shape index (κ3) is 7.30. The maximum absolute atomic E-state index is 11.9. The maximum Gasteiger partial charge on any atom is 0.320 e. The molecule has 0 aliphatic rings. The fraction of sp³-hybridized carbons (Fsp3) is 0.857. The molecule has 0 saturated carbocycles. The van der Waals surface area contributed by atoms with E-state index in [4.69, 9.17) is 9.47 Å². The van der Waals surface area contributed by atoms with Crippen molar-refractivity contribution in [2.45, 2.75) is 47.5 Å². The molecular formula is C14H26O4. The van der Waals surface area contributed by atoms with Gasteiger partial charge in [0.25, 0.3) is 0 Å².